The summed E-state index contributed by atoms with van der Waals surface area (Å²) in [7, 11) is 0. The van der Waals surface area contributed by atoms with Crippen molar-refractivity contribution in [3.8, 4) is 0 Å². The van der Waals surface area contributed by atoms with Crippen molar-refractivity contribution in [3.63, 3.8) is 0 Å². The largest absolute Gasteiger partial charge is 0.352 e. The number of hydrogen-bond donors (Lipinski definition) is 2. The van der Waals surface area contributed by atoms with Crippen LogP contribution in [0.15, 0.2) is 18.2 Å². The van der Waals surface area contributed by atoms with E-state index >= 15 is 0 Å². The van der Waals surface area contributed by atoms with Crippen LogP contribution >= 0.6 is 0 Å². The van der Waals surface area contributed by atoms with Crippen LogP contribution in [-0.4, -0.2) is 25.5 Å². The molecular formula is C15H21FN2O. The van der Waals surface area contributed by atoms with Crippen molar-refractivity contribution in [2.75, 3.05) is 19.6 Å². The summed E-state index contributed by atoms with van der Waals surface area (Å²) < 4.78 is 13.8. The third-order valence-corrected chi connectivity index (χ3v) is 3.67. The molecule has 1 heterocycles. The summed E-state index contributed by atoms with van der Waals surface area (Å²) in [6, 6.07) is 4.90. The van der Waals surface area contributed by atoms with Crippen LogP contribution in [0.4, 0.5) is 4.39 Å². The summed E-state index contributed by atoms with van der Waals surface area (Å²) in [5, 5.41) is 6.16. The summed E-state index contributed by atoms with van der Waals surface area (Å²) >= 11 is 0. The molecule has 0 aliphatic carbocycles. The molecule has 2 rings (SSSR count). The number of piperidine rings is 1. The highest BCUT2D eigenvalue weighted by molar-refractivity contribution is 5.94. The van der Waals surface area contributed by atoms with Gasteiger partial charge in [0.15, 0.2) is 0 Å². The van der Waals surface area contributed by atoms with E-state index in [0.717, 1.165) is 19.5 Å². The molecule has 1 aromatic carbocycles. The van der Waals surface area contributed by atoms with Crippen LogP contribution in [0.25, 0.3) is 0 Å². The lowest BCUT2D eigenvalue weighted by Crippen LogP contribution is -2.33. The van der Waals surface area contributed by atoms with Gasteiger partial charge in [-0.05, 0) is 56.8 Å². The first-order valence-electron chi connectivity index (χ1n) is 6.92. The van der Waals surface area contributed by atoms with E-state index in [1.165, 1.54) is 18.9 Å². The average molecular weight is 264 g/mol. The predicted octanol–water partition coefficient (Wildman–Crippen LogP) is 2.25. The summed E-state index contributed by atoms with van der Waals surface area (Å²) in [5.41, 5.74) is 0.644. The van der Waals surface area contributed by atoms with Gasteiger partial charge in [-0.1, -0.05) is 12.1 Å². The highest BCUT2D eigenvalue weighted by atomic mass is 19.1. The third-order valence-electron chi connectivity index (χ3n) is 3.67. The Bertz CT molecular complexity index is 442. The predicted molar refractivity (Wildman–Crippen MR) is 73.7 cm³/mol. The fourth-order valence-electron chi connectivity index (χ4n) is 2.48. The van der Waals surface area contributed by atoms with Crippen molar-refractivity contribution in [1.29, 1.82) is 0 Å². The van der Waals surface area contributed by atoms with Gasteiger partial charge in [0.2, 0.25) is 0 Å². The average Bonchev–Trinajstić information content (AvgIpc) is 2.43. The molecule has 1 aliphatic heterocycles. The Hall–Kier alpha value is -1.42. The number of carbonyl (C=O) groups is 1. The molecule has 1 atom stereocenters. The lowest BCUT2D eigenvalue weighted by Gasteiger charge is -2.22. The van der Waals surface area contributed by atoms with E-state index in [0.29, 0.717) is 18.0 Å². The Morgan fingerprint density at radius 3 is 3.11 bits per heavy atom. The molecule has 1 amide bonds. The van der Waals surface area contributed by atoms with Gasteiger partial charge in [-0.25, -0.2) is 4.39 Å². The summed E-state index contributed by atoms with van der Waals surface area (Å²) in [5.74, 6) is -0.110. The number of rotatable bonds is 4. The number of amides is 1. The van der Waals surface area contributed by atoms with Gasteiger partial charge in [0.1, 0.15) is 5.82 Å². The fourth-order valence-corrected chi connectivity index (χ4v) is 2.48. The Morgan fingerprint density at radius 1 is 1.53 bits per heavy atom. The minimum atomic E-state index is -0.417. The molecule has 1 saturated heterocycles. The van der Waals surface area contributed by atoms with Gasteiger partial charge in [0.25, 0.3) is 5.91 Å². The molecule has 0 unspecified atom stereocenters. The molecular weight excluding hydrogens is 243 g/mol. The summed E-state index contributed by atoms with van der Waals surface area (Å²) in [4.78, 5) is 11.9. The van der Waals surface area contributed by atoms with Crippen molar-refractivity contribution < 1.29 is 9.18 Å². The van der Waals surface area contributed by atoms with Crippen molar-refractivity contribution in [1.82, 2.24) is 10.6 Å². The van der Waals surface area contributed by atoms with Crippen LogP contribution in [0.1, 0.15) is 35.2 Å². The van der Waals surface area contributed by atoms with E-state index in [1.54, 1.807) is 19.1 Å². The Morgan fingerprint density at radius 2 is 2.37 bits per heavy atom. The van der Waals surface area contributed by atoms with Crippen LogP contribution in [0.2, 0.25) is 0 Å². The second-order valence-corrected chi connectivity index (χ2v) is 5.19. The molecule has 0 radical (unpaired) electrons. The minimum absolute atomic E-state index is 0.141. The second kappa shape index (κ2) is 6.66. The molecule has 0 bridgehead atoms. The lowest BCUT2D eigenvalue weighted by atomic mass is 9.96. The zero-order valence-electron chi connectivity index (χ0n) is 11.3. The summed E-state index contributed by atoms with van der Waals surface area (Å²) in [6.07, 6.45) is 3.36. The number of halogens is 1. The smallest absolute Gasteiger partial charge is 0.254 e. The number of carbonyl (C=O) groups excluding carboxylic acids is 1. The number of hydrogen-bond acceptors (Lipinski definition) is 2. The monoisotopic (exact) mass is 264 g/mol. The number of aryl methyl sites for hydroxylation is 1. The van der Waals surface area contributed by atoms with Crippen molar-refractivity contribution in [3.05, 3.63) is 35.1 Å². The van der Waals surface area contributed by atoms with E-state index in [1.807, 2.05) is 0 Å². The quantitative estimate of drug-likeness (QED) is 0.875. The second-order valence-electron chi connectivity index (χ2n) is 5.19. The number of nitrogens with one attached hydrogen (secondary N) is 2. The van der Waals surface area contributed by atoms with Crippen molar-refractivity contribution >= 4 is 5.91 Å². The lowest BCUT2D eigenvalue weighted by molar-refractivity contribution is 0.0946. The topological polar surface area (TPSA) is 41.1 Å². The Kier molecular flexibility index (Phi) is 4.91. The van der Waals surface area contributed by atoms with Crippen LogP contribution in [-0.2, 0) is 0 Å². The van der Waals surface area contributed by atoms with Gasteiger partial charge in [0.05, 0.1) is 5.56 Å². The molecule has 4 heteroatoms. The van der Waals surface area contributed by atoms with E-state index in [2.05, 4.69) is 10.6 Å². The summed E-state index contributed by atoms with van der Waals surface area (Å²) in [6.45, 7) is 4.39. The van der Waals surface area contributed by atoms with Gasteiger partial charge in [-0.2, -0.15) is 0 Å². The van der Waals surface area contributed by atoms with E-state index in [4.69, 9.17) is 0 Å². The molecule has 0 aromatic heterocycles. The van der Waals surface area contributed by atoms with E-state index in [9.17, 15) is 9.18 Å². The third kappa shape index (κ3) is 3.77. The zero-order chi connectivity index (χ0) is 13.7. The number of benzene rings is 1. The standard InChI is InChI=1S/C15H21FN2O/c1-11-4-2-6-13(14(11)16)15(19)18-9-7-12-5-3-8-17-10-12/h2,4,6,12,17H,3,5,7-10H2,1H3,(H,18,19)/t12-/m1/s1. The zero-order valence-corrected chi connectivity index (χ0v) is 11.3. The normalized spacial score (nSPS) is 19.2. The van der Waals surface area contributed by atoms with Gasteiger partial charge in [-0.3, -0.25) is 4.79 Å². The molecule has 0 spiro atoms. The molecule has 1 aliphatic rings. The maximum absolute atomic E-state index is 13.8. The molecule has 2 N–H and O–H groups in total. The van der Waals surface area contributed by atoms with Crippen LogP contribution in [0, 0.1) is 18.7 Å². The maximum atomic E-state index is 13.8. The molecule has 104 valence electrons. The fraction of sp³-hybridized carbons (Fsp3) is 0.533. The van der Waals surface area contributed by atoms with Gasteiger partial charge < -0.3 is 10.6 Å². The first kappa shape index (κ1) is 14.0. The van der Waals surface area contributed by atoms with Gasteiger partial charge >= 0.3 is 0 Å². The van der Waals surface area contributed by atoms with Gasteiger partial charge in [0, 0.05) is 6.54 Å². The highest BCUT2D eigenvalue weighted by Gasteiger charge is 2.15. The SMILES string of the molecule is Cc1cccc(C(=O)NCC[C@H]2CCCNC2)c1F. The van der Waals surface area contributed by atoms with Gasteiger partial charge in [-0.15, -0.1) is 0 Å². The van der Waals surface area contributed by atoms with Crippen molar-refractivity contribution in [2.45, 2.75) is 26.2 Å². The van der Waals surface area contributed by atoms with Crippen molar-refractivity contribution in [2.24, 2.45) is 5.92 Å². The molecule has 1 fully saturated rings. The van der Waals surface area contributed by atoms with E-state index in [-0.39, 0.29) is 11.5 Å². The van der Waals surface area contributed by atoms with Crippen LogP contribution in [0.5, 0.6) is 0 Å². The molecule has 0 saturated carbocycles. The first-order valence-corrected chi connectivity index (χ1v) is 6.92. The molecule has 3 nitrogen and oxygen atoms in total. The Labute approximate surface area is 113 Å². The van der Waals surface area contributed by atoms with Crippen LogP contribution in [0.3, 0.4) is 0 Å². The van der Waals surface area contributed by atoms with E-state index < -0.39 is 5.82 Å². The molecule has 1 aromatic rings. The van der Waals surface area contributed by atoms with Crippen LogP contribution < -0.4 is 10.6 Å². The Balaban J connectivity index is 1.82. The maximum Gasteiger partial charge on any atom is 0.254 e. The first-order chi connectivity index (χ1) is 9.18. The molecule has 19 heavy (non-hydrogen) atoms. The minimum Gasteiger partial charge on any atom is -0.352 e. The highest BCUT2D eigenvalue weighted by Crippen LogP contribution is 2.14.